The first kappa shape index (κ1) is 25.9. The number of nitrogens with one attached hydrogen (secondary N) is 1. The molecule has 6 nitrogen and oxygen atoms in total. The van der Waals surface area contributed by atoms with Crippen molar-refractivity contribution in [2.45, 2.75) is 60.9 Å². The highest BCUT2D eigenvalue weighted by Crippen LogP contribution is 2.53. The molecule has 11 heteroatoms. The van der Waals surface area contributed by atoms with Crippen molar-refractivity contribution in [2.75, 3.05) is 5.32 Å². The van der Waals surface area contributed by atoms with Crippen LogP contribution in [-0.2, 0) is 9.84 Å². The van der Waals surface area contributed by atoms with Crippen molar-refractivity contribution in [1.29, 1.82) is 0 Å². The van der Waals surface area contributed by atoms with Crippen LogP contribution in [0.4, 0.5) is 18.9 Å². The number of hydrogen-bond acceptors (Lipinski definition) is 5. The van der Waals surface area contributed by atoms with Crippen LogP contribution < -0.4 is 5.32 Å². The summed E-state index contributed by atoms with van der Waals surface area (Å²) in [6.45, 7) is 3.00. The number of benzene rings is 2. The van der Waals surface area contributed by atoms with E-state index in [4.69, 9.17) is 11.6 Å². The van der Waals surface area contributed by atoms with Crippen LogP contribution in [0.1, 0.15) is 49.9 Å². The molecular formula is C24H25ClF3NO5S. The smallest absolute Gasteiger partial charge is 0.255 e. The molecule has 2 fully saturated rings. The molecule has 35 heavy (non-hydrogen) atoms. The van der Waals surface area contributed by atoms with Crippen molar-refractivity contribution in [1.82, 2.24) is 0 Å². The van der Waals surface area contributed by atoms with Gasteiger partial charge in [0.2, 0.25) is 0 Å². The predicted molar refractivity (Wildman–Crippen MR) is 123 cm³/mol. The molecule has 0 unspecified atom stereocenters. The van der Waals surface area contributed by atoms with Gasteiger partial charge in [-0.25, -0.2) is 21.6 Å². The number of fused-ring (bicyclic) bond motifs is 2. The van der Waals surface area contributed by atoms with E-state index < -0.39 is 61.5 Å². The molecule has 0 aliphatic heterocycles. The van der Waals surface area contributed by atoms with Gasteiger partial charge in [-0.3, -0.25) is 4.79 Å². The summed E-state index contributed by atoms with van der Waals surface area (Å²) in [4.78, 5) is 12.4. The van der Waals surface area contributed by atoms with Crippen molar-refractivity contribution >= 4 is 33.0 Å². The monoisotopic (exact) mass is 531 g/mol. The summed E-state index contributed by atoms with van der Waals surface area (Å²) in [5, 5.41) is 22.7. The highest BCUT2D eigenvalue weighted by atomic mass is 35.5. The molecule has 1 amide bonds. The van der Waals surface area contributed by atoms with E-state index in [9.17, 15) is 36.6 Å². The Morgan fingerprint density at radius 3 is 2.14 bits per heavy atom. The van der Waals surface area contributed by atoms with Crippen molar-refractivity contribution in [3.8, 4) is 0 Å². The summed E-state index contributed by atoms with van der Waals surface area (Å²) in [6, 6.07) is 4.81. The second-order valence-corrected chi connectivity index (χ2v) is 12.4. The van der Waals surface area contributed by atoms with E-state index >= 15 is 0 Å². The maximum absolute atomic E-state index is 13.7. The minimum atomic E-state index is -4.05. The van der Waals surface area contributed by atoms with E-state index in [-0.39, 0.29) is 34.0 Å². The number of carbonyl (C=O) groups is 1. The first-order chi connectivity index (χ1) is 16.1. The van der Waals surface area contributed by atoms with E-state index in [0.29, 0.717) is 25.0 Å². The molecule has 2 aliphatic carbocycles. The Balaban J connectivity index is 1.63. The zero-order valence-electron chi connectivity index (χ0n) is 19.0. The third-order valence-corrected chi connectivity index (χ3v) is 10.2. The normalized spacial score (nSPS) is 26.6. The summed E-state index contributed by atoms with van der Waals surface area (Å²) in [5.74, 6) is -6.34. The second kappa shape index (κ2) is 8.76. The topological polar surface area (TPSA) is 104 Å². The Hall–Kier alpha value is -2.14. The molecule has 2 saturated carbocycles. The highest BCUT2D eigenvalue weighted by Gasteiger charge is 2.58. The van der Waals surface area contributed by atoms with Gasteiger partial charge in [0.15, 0.2) is 27.3 Å². The summed E-state index contributed by atoms with van der Waals surface area (Å²) in [7, 11) is -4.05. The van der Waals surface area contributed by atoms with Gasteiger partial charge in [-0.1, -0.05) is 11.6 Å². The molecule has 2 aromatic rings. The number of carbonyl (C=O) groups excluding carboxylic acids is 1. The quantitative estimate of drug-likeness (QED) is 0.494. The lowest BCUT2D eigenvalue weighted by Crippen LogP contribution is -2.57. The zero-order valence-corrected chi connectivity index (χ0v) is 20.6. The summed E-state index contributed by atoms with van der Waals surface area (Å²) < 4.78 is 67.5. The Kier molecular flexibility index (Phi) is 6.49. The van der Waals surface area contributed by atoms with Gasteiger partial charge in [-0.15, -0.1) is 0 Å². The second-order valence-electron chi connectivity index (χ2n) is 9.96. The number of anilines is 1. The number of hydrogen-bond donors (Lipinski definition) is 3. The van der Waals surface area contributed by atoms with Crippen LogP contribution in [0.3, 0.4) is 0 Å². The molecule has 2 atom stereocenters. The van der Waals surface area contributed by atoms with E-state index in [1.165, 1.54) is 26.0 Å². The number of aliphatic hydroxyl groups is 2. The third-order valence-electron chi connectivity index (χ3n) is 7.28. The van der Waals surface area contributed by atoms with Crippen LogP contribution in [0.2, 0.25) is 5.02 Å². The van der Waals surface area contributed by atoms with Crippen molar-refractivity contribution in [2.24, 2.45) is 11.8 Å². The average molecular weight is 532 g/mol. The highest BCUT2D eigenvalue weighted by molar-refractivity contribution is 7.92. The molecule has 0 saturated heterocycles. The maximum atomic E-state index is 13.7. The lowest BCUT2D eigenvalue weighted by Gasteiger charge is -2.47. The number of halogens is 4. The average Bonchev–Trinajstić information content (AvgIpc) is 3.04. The largest absolute Gasteiger partial charge is 0.387 e. The summed E-state index contributed by atoms with van der Waals surface area (Å²) in [5.41, 5.74) is -3.30. The van der Waals surface area contributed by atoms with E-state index in [1.807, 2.05) is 0 Å². The van der Waals surface area contributed by atoms with E-state index in [2.05, 4.69) is 5.32 Å². The molecule has 0 radical (unpaired) electrons. The first-order valence-electron chi connectivity index (χ1n) is 11.1. The van der Waals surface area contributed by atoms with Crippen LogP contribution >= 0.6 is 11.6 Å². The Labute approximate surface area is 206 Å². The lowest BCUT2D eigenvalue weighted by molar-refractivity contribution is -0.159. The fraction of sp³-hybridized carbons (Fsp3) is 0.458. The Morgan fingerprint density at radius 2 is 1.63 bits per heavy atom. The minimum Gasteiger partial charge on any atom is -0.387 e. The molecule has 0 aromatic heterocycles. The maximum Gasteiger partial charge on any atom is 0.255 e. The molecular weight excluding hydrogens is 507 g/mol. The van der Waals surface area contributed by atoms with Crippen LogP contribution in [0, 0.1) is 29.3 Å². The molecule has 3 N–H and O–H groups in total. The zero-order chi connectivity index (χ0) is 25.9. The standard InChI is InChI=1S/C24H25ClF3NO5S/c1-23(2,31)24(32)10-13-3-4-14(11-24)21(13)35(33,34)19-7-12(5-6-16(19)25)22(30)29-15-8-17(26)20(28)18(27)9-15/h5-9,13-14,21,31-32H,3-4,10-11H2,1-2H3,(H,29,30)/t13-,14-,21?,24?/m0/s1. The van der Waals surface area contributed by atoms with Gasteiger partial charge in [0, 0.05) is 23.4 Å². The SMILES string of the molecule is CC(C)(O)C1(O)C[C@@H]2CC[C@@H](C1)C2S(=O)(=O)c1cc(C(=O)Nc2cc(F)c(F)c(F)c2)ccc1Cl. The lowest BCUT2D eigenvalue weighted by atomic mass is 9.69. The molecule has 0 heterocycles. The van der Waals surface area contributed by atoms with Crippen molar-refractivity contribution in [3.63, 3.8) is 0 Å². The minimum absolute atomic E-state index is 0.0943. The Morgan fingerprint density at radius 1 is 1.09 bits per heavy atom. The third kappa shape index (κ3) is 4.57. The van der Waals surface area contributed by atoms with Crippen LogP contribution in [0.5, 0.6) is 0 Å². The molecule has 2 bridgehead atoms. The van der Waals surface area contributed by atoms with Gasteiger partial charge >= 0.3 is 0 Å². The van der Waals surface area contributed by atoms with Gasteiger partial charge in [0.05, 0.1) is 26.4 Å². The van der Waals surface area contributed by atoms with Crippen molar-refractivity contribution < 1.29 is 36.6 Å². The summed E-state index contributed by atoms with van der Waals surface area (Å²) in [6.07, 6.45) is 1.34. The fourth-order valence-corrected chi connectivity index (χ4v) is 8.22. The van der Waals surface area contributed by atoms with Gasteiger partial charge in [0.25, 0.3) is 5.91 Å². The van der Waals surface area contributed by atoms with Gasteiger partial charge in [-0.05, 0) is 69.6 Å². The van der Waals surface area contributed by atoms with E-state index in [0.717, 1.165) is 6.07 Å². The van der Waals surface area contributed by atoms with E-state index in [1.54, 1.807) is 0 Å². The van der Waals surface area contributed by atoms with Crippen LogP contribution in [-0.4, -0.2) is 41.0 Å². The molecule has 2 aliphatic rings. The molecule has 4 rings (SSSR count). The summed E-state index contributed by atoms with van der Waals surface area (Å²) >= 11 is 6.23. The number of amides is 1. The Bertz CT molecular complexity index is 1260. The van der Waals surface area contributed by atoms with Gasteiger partial charge in [0.1, 0.15) is 0 Å². The van der Waals surface area contributed by atoms with Crippen LogP contribution in [0.15, 0.2) is 35.2 Å². The number of sulfone groups is 1. The molecule has 190 valence electrons. The van der Waals surface area contributed by atoms with Crippen molar-refractivity contribution in [3.05, 3.63) is 58.4 Å². The van der Waals surface area contributed by atoms with Gasteiger partial charge in [-0.2, -0.15) is 0 Å². The first-order valence-corrected chi connectivity index (χ1v) is 13.0. The fourth-order valence-electron chi connectivity index (χ4n) is 5.38. The number of rotatable bonds is 5. The van der Waals surface area contributed by atoms with Crippen LogP contribution in [0.25, 0.3) is 0 Å². The predicted octanol–water partition coefficient (Wildman–Crippen LogP) is 4.47. The van der Waals surface area contributed by atoms with Gasteiger partial charge < -0.3 is 15.5 Å². The molecule has 0 spiro atoms. The molecule has 2 aromatic carbocycles.